The maximum absolute atomic E-state index is 12.1. The molecule has 130 valence electrons. The molecule has 0 saturated carbocycles. The summed E-state index contributed by atoms with van der Waals surface area (Å²) in [5, 5.41) is 13.5. The normalized spacial score (nSPS) is 11.9. The number of non-ortho nitro benzene ring substituents is 1. The fourth-order valence-electron chi connectivity index (χ4n) is 2.20. The van der Waals surface area contributed by atoms with Crippen LogP contribution in [0.4, 0.5) is 5.69 Å². The topological polar surface area (TPSA) is 99.9 Å². The number of amides is 1. The van der Waals surface area contributed by atoms with E-state index in [1.165, 1.54) is 12.1 Å². The van der Waals surface area contributed by atoms with E-state index in [-0.39, 0.29) is 36.2 Å². The fraction of sp³-hybridized carbons (Fsp3) is 0.188. The van der Waals surface area contributed by atoms with Crippen LogP contribution in [0.1, 0.15) is 10.4 Å². The Morgan fingerprint density at radius 3 is 2.84 bits per heavy atom. The van der Waals surface area contributed by atoms with Crippen molar-refractivity contribution >= 4 is 23.2 Å². The van der Waals surface area contributed by atoms with Crippen molar-refractivity contribution in [2.45, 2.75) is 0 Å². The van der Waals surface area contributed by atoms with E-state index in [2.05, 4.69) is 5.32 Å². The van der Waals surface area contributed by atoms with Crippen molar-refractivity contribution in [1.29, 1.82) is 0 Å². The largest absolute Gasteiger partial charge is 0.492 e. The molecular weight excluding hydrogens is 352 g/mol. The number of carbonyl (C=O) groups is 1. The molecular formula is C16H13ClN2O6. The van der Waals surface area contributed by atoms with Gasteiger partial charge in [0.2, 0.25) is 6.79 Å². The van der Waals surface area contributed by atoms with Gasteiger partial charge in [0.05, 0.1) is 22.1 Å². The highest BCUT2D eigenvalue weighted by Crippen LogP contribution is 2.35. The number of nitrogens with zero attached hydrogens (tertiary/aromatic N) is 1. The van der Waals surface area contributed by atoms with Crippen LogP contribution in [0.2, 0.25) is 5.02 Å². The number of carbonyl (C=O) groups excluding carboxylic acids is 1. The van der Waals surface area contributed by atoms with Gasteiger partial charge in [0, 0.05) is 18.2 Å². The van der Waals surface area contributed by atoms with Crippen LogP contribution >= 0.6 is 11.6 Å². The average Bonchev–Trinajstić information content (AvgIpc) is 3.06. The zero-order chi connectivity index (χ0) is 17.8. The van der Waals surface area contributed by atoms with Crippen LogP contribution in [-0.2, 0) is 0 Å². The smallest absolute Gasteiger partial charge is 0.270 e. The van der Waals surface area contributed by atoms with E-state index >= 15 is 0 Å². The van der Waals surface area contributed by atoms with Gasteiger partial charge in [-0.1, -0.05) is 11.6 Å². The standard InChI is InChI=1S/C16H13ClN2O6/c17-13-3-1-10(19(21)22)7-12(13)16(20)18-5-6-23-11-2-4-14-15(8-11)25-9-24-14/h1-4,7-8H,5-6,9H2,(H,18,20). The lowest BCUT2D eigenvalue weighted by Gasteiger charge is -2.09. The van der Waals surface area contributed by atoms with E-state index < -0.39 is 10.8 Å². The Morgan fingerprint density at radius 1 is 1.24 bits per heavy atom. The van der Waals surface area contributed by atoms with E-state index in [0.29, 0.717) is 17.2 Å². The predicted molar refractivity (Wildman–Crippen MR) is 88.5 cm³/mol. The third kappa shape index (κ3) is 3.92. The minimum absolute atomic E-state index is 0.0407. The molecule has 2 aromatic rings. The summed E-state index contributed by atoms with van der Waals surface area (Å²) in [5.41, 5.74) is -0.162. The van der Waals surface area contributed by atoms with Crippen molar-refractivity contribution in [1.82, 2.24) is 5.32 Å². The quantitative estimate of drug-likeness (QED) is 0.480. The first-order valence-electron chi connectivity index (χ1n) is 7.29. The molecule has 1 aliphatic rings. The first kappa shape index (κ1) is 16.8. The first-order valence-corrected chi connectivity index (χ1v) is 7.67. The number of nitrogens with one attached hydrogen (secondary N) is 1. The van der Waals surface area contributed by atoms with Gasteiger partial charge in [-0.05, 0) is 18.2 Å². The van der Waals surface area contributed by atoms with Crippen molar-refractivity contribution < 1.29 is 23.9 Å². The van der Waals surface area contributed by atoms with Crippen molar-refractivity contribution in [3.63, 3.8) is 0 Å². The Labute approximate surface area is 147 Å². The molecule has 25 heavy (non-hydrogen) atoms. The number of rotatable bonds is 6. The van der Waals surface area contributed by atoms with Gasteiger partial charge < -0.3 is 19.5 Å². The van der Waals surface area contributed by atoms with Crippen LogP contribution in [0.25, 0.3) is 0 Å². The van der Waals surface area contributed by atoms with Crippen molar-refractivity contribution in [2.24, 2.45) is 0 Å². The summed E-state index contributed by atoms with van der Waals surface area (Å²) in [6, 6.07) is 8.85. The van der Waals surface area contributed by atoms with Crippen molar-refractivity contribution in [3.8, 4) is 17.2 Å². The molecule has 9 heteroatoms. The van der Waals surface area contributed by atoms with Gasteiger partial charge >= 0.3 is 0 Å². The maximum atomic E-state index is 12.1. The average molecular weight is 365 g/mol. The Morgan fingerprint density at radius 2 is 2.04 bits per heavy atom. The number of fused-ring (bicyclic) bond motifs is 1. The number of nitro groups is 1. The number of nitro benzene ring substituents is 1. The lowest BCUT2D eigenvalue weighted by molar-refractivity contribution is -0.384. The van der Waals surface area contributed by atoms with Crippen LogP contribution in [-0.4, -0.2) is 30.8 Å². The Kier molecular flexibility index (Phi) is 4.90. The summed E-state index contributed by atoms with van der Waals surface area (Å²) >= 11 is 5.92. The fourth-order valence-corrected chi connectivity index (χ4v) is 2.40. The molecule has 0 fully saturated rings. The third-order valence-corrected chi connectivity index (χ3v) is 3.74. The summed E-state index contributed by atoms with van der Waals surface area (Å²) in [7, 11) is 0. The third-order valence-electron chi connectivity index (χ3n) is 3.41. The molecule has 0 bridgehead atoms. The molecule has 0 unspecified atom stereocenters. The molecule has 0 spiro atoms. The van der Waals surface area contributed by atoms with Crippen LogP contribution in [0, 0.1) is 10.1 Å². The lowest BCUT2D eigenvalue weighted by Crippen LogP contribution is -2.28. The Hall–Kier alpha value is -3.00. The van der Waals surface area contributed by atoms with Gasteiger partial charge in [0.15, 0.2) is 11.5 Å². The second-order valence-electron chi connectivity index (χ2n) is 5.04. The second kappa shape index (κ2) is 7.27. The van der Waals surface area contributed by atoms with E-state index in [1.807, 2.05) is 0 Å². The van der Waals surface area contributed by atoms with Crippen molar-refractivity contribution in [2.75, 3.05) is 19.9 Å². The predicted octanol–water partition coefficient (Wildman–Crippen LogP) is 2.79. The van der Waals surface area contributed by atoms with Gasteiger partial charge in [-0.15, -0.1) is 0 Å². The van der Waals surface area contributed by atoms with E-state index in [9.17, 15) is 14.9 Å². The SMILES string of the molecule is O=C(NCCOc1ccc2c(c1)OCO2)c1cc([N+](=O)[O-])ccc1Cl. The zero-order valence-corrected chi connectivity index (χ0v) is 13.6. The summed E-state index contributed by atoms with van der Waals surface area (Å²) in [5.74, 6) is 1.32. The van der Waals surface area contributed by atoms with E-state index in [1.54, 1.807) is 18.2 Å². The van der Waals surface area contributed by atoms with Gasteiger partial charge in [-0.2, -0.15) is 0 Å². The molecule has 1 N–H and O–H groups in total. The van der Waals surface area contributed by atoms with Gasteiger partial charge in [0.1, 0.15) is 12.4 Å². The van der Waals surface area contributed by atoms with Gasteiger partial charge in [-0.25, -0.2) is 0 Å². The summed E-state index contributed by atoms with van der Waals surface area (Å²) < 4.78 is 16.0. The van der Waals surface area contributed by atoms with Crippen molar-refractivity contribution in [3.05, 3.63) is 57.1 Å². The number of hydrogen-bond donors (Lipinski definition) is 1. The number of hydrogen-bond acceptors (Lipinski definition) is 6. The minimum atomic E-state index is -0.587. The van der Waals surface area contributed by atoms with Gasteiger partial charge in [0.25, 0.3) is 11.6 Å². The molecule has 0 saturated heterocycles. The van der Waals surface area contributed by atoms with E-state index in [0.717, 1.165) is 6.07 Å². The molecule has 8 nitrogen and oxygen atoms in total. The highest BCUT2D eigenvalue weighted by atomic mass is 35.5. The summed E-state index contributed by atoms with van der Waals surface area (Å²) in [6.07, 6.45) is 0. The highest BCUT2D eigenvalue weighted by molar-refractivity contribution is 6.33. The first-order chi connectivity index (χ1) is 12.0. The Balaban J connectivity index is 1.53. The lowest BCUT2D eigenvalue weighted by atomic mass is 10.2. The highest BCUT2D eigenvalue weighted by Gasteiger charge is 2.16. The van der Waals surface area contributed by atoms with Crippen LogP contribution < -0.4 is 19.5 Å². The number of halogens is 1. The molecule has 0 aliphatic carbocycles. The summed E-state index contributed by atoms with van der Waals surface area (Å²) in [6.45, 7) is 0.586. The Bertz CT molecular complexity index is 826. The molecule has 1 aliphatic heterocycles. The monoisotopic (exact) mass is 364 g/mol. The second-order valence-corrected chi connectivity index (χ2v) is 5.45. The molecule has 0 aromatic heterocycles. The van der Waals surface area contributed by atoms with Gasteiger partial charge in [-0.3, -0.25) is 14.9 Å². The molecule has 1 heterocycles. The van der Waals surface area contributed by atoms with Crippen LogP contribution in [0.3, 0.4) is 0 Å². The molecule has 0 radical (unpaired) electrons. The number of ether oxygens (including phenoxy) is 3. The molecule has 2 aromatic carbocycles. The molecule has 0 atom stereocenters. The van der Waals surface area contributed by atoms with E-state index in [4.69, 9.17) is 25.8 Å². The molecule has 1 amide bonds. The maximum Gasteiger partial charge on any atom is 0.270 e. The number of benzene rings is 2. The zero-order valence-electron chi connectivity index (χ0n) is 12.9. The summed E-state index contributed by atoms with van der Waals surface area (Å²) in [4.78, 5) is 22.3. The minimum Gasteiger partial charge on any atom is -0.492 e. The van der Waals surface area contributed by atoms with Crippen LogP contribution in [0.5, 0.6) is 17.2 Å². The van der Waals surface area contributed by atoms with Crippen LogP contribution in [0.15, 0.2) is 36.4 Å². The molecule has 3 rings (SSSR count).